The van der Waals surface area contributed by atoms with Crippen molar-refractivity contribution in [1.82, 2.24) is 19.3 Å². The van der Waals surface area contributed by atoms with Crippen molar-refractivity contribution in [3.05, 3.63) is 51.7 Å². The van der Waals surface area contributed by atoms with Crippen LogP contribution in [0.1, 0.15) is 31.6 Å². The third-order valence-corrected chi connectivity index (χ3v) is 5.57. The van der Waals surface area contributed by atoms with Gasteiger partial charge in [-0.25, -0.2) is 9.67 Å². The van der Waals surface area contributed by atoms with E-state index in [1.54, 1.807) is 13.2 Å². The van der Waals surface area contributed by atoms with Crippen LogP contribution in [0, 0.1) is 0 Å². The first kappa shape index (κ1) is 17.1. The van der Waals surface area contributed by atoms with Crippen molar-refractivity contribution in [1.29, 1.82) is 0 Å². The van der Waals surface area contributed by atoms with Crippen molar-refractivity contribution >= 4 is 28.3 Å². The van der Waals surface area contributed by atoms with Crippen molar-refractivity contribution in [3.63, 3.8) is 0 Å². The van der Waals surface area contributed by atoms with Crippen LogP contribution >= 0.6 is 11.6 Å². The smallest absolute Gasteiger partial charge is 0.287 e. The fourth-order valence-electron chi connectivity index (χ4n) is 3.84. The third kappa shape index (κ3) is 2.78. The van der Waals surface area contributed by atoms with Gasteiger partial charge in [0.15, 0.2) is 0 Å². The minimum atomic E-state index is -0.250. The molecule has 1 aromatic carbocycles. The molecule has 1 aliphatic heterocycles. The molecule has 0 saturated carbocycles. The van der Waals surface area contributed by atoms with Crippen molar-refractivity contribution in [2.75, 3.05) is 18.0 Å². The van der Waals surface area contributed by atoms with Gasteiger partial charge in [-0.1, -0.05) is 30.7 Å². The number of rotatable bonds is 3. The Morgan fingerprint density at radius 1 is 1.23 bits per heavy atom. The Labute approximate surface area is 157 Å². The maximum atomic E-state index is 12.0. The number of hydrogen-bond acceptors (Lipinski definition) is 4. The summed E-state index contributed by atoms with van der Waals surface area (Å²) in [6.45, 7) is 3.84. The van der Waals surface area contributed by atoms with E-state index >= 15 is 0 Å². The van der Waals surface area contributed by atoms with Gasteiger partial charge in [0.25, 0.3) is 5.56 Å². The second-order valence-electron chi connectivity index (χ2n) is 6.73. The number of imidazole rings is 1. The Morgan fingerprint density at radius 3 is 2.69 bits per heavy atom. The zero-order valence-corrected chi connectivity index (χ0v) is 15.8. The van der Waals surface area contributed by atoms with Gasteiger partial charge in [-0.15, -0.1) is 0 Å². The number of hydrogen-bond donors (Lipinski definition) is 0. The highest BCUT2D eigenvalue weighted by Gasteiger charge is 2.26. The lowest BCUT2D eigenvalue weighted by Crippen LogP contribution is -2.36. The number of fused-ring (bicyclic) bond motifs is 1. The molecule has 7 heteroatoms. The predicted octanol–water partition coefficient (Wildman–Crippen LogP) is 3.19. The largest absolute Gasteiger partial charge is 0.369 e. The summed E-state index contributed by atoms with van der Waals surface area (Å²) in [4.78, 5) is 19.0. The molecule has 0 aliphatic carbocycles. The van der Waals surface area contributed by atoms with E-state index in [1.807, 2.05) is 6.07 Å². The lowest BCUT2D eigenvalue weighted by molar-refractivity contribution is 0.395. The van der Waals surface area contributed by atoms with Gasteiger partial charge in [-0.3, -0.25) is 4.79 Å². The van der Waals surface area contributed by atoms with Crippen molar-refractivity contribution in [3.8, 4) is 0 Å². The van der Waals surface area contributed by atoms with E-state index in [1.165, 1.54) is 10.2 Å². The maximum absolute atomic E-state index is 12.0. The van der Waals surface area contributed by atoms with Crippen LogP contribution in [0.25, 0.3) is 11.0 Å². The van der Waals surface area contributed by atoms with Crippen LogP contribution < -0.4 is 10.5 Å². The highest BCUT2D eigenvalue weighted by molar-refractivity contribution is 6.33. The number of aryl methyl sites for hydroxylation is 2. The number of benzene rings is 1. The summed E-state index contributed by atoms with van der Waals surface area (Å²) in [6, 6.07) is 8.74. The Kier molecular flexibility index (Phi) is 4.44. The molecule has 0 radical (unpaired) electrons. The Hall–Kier alpha value is -2.34. The van der Waals surface area contributed by atoms with Gasteiger partial charge in [0.1, 0.15) is 10.8 Å². The number of halogens is 1. The highest BCUT2D eigenvalue weighted by atomic mass is 35.5. The fraction of sp³-hybridized carbons (Fsp3) is 0.421. The predicted molar refractivity (Wildman–Crippen MR) is 104 cm³/mol. The van der Waals surface area contributed by atoms with Gasteiger partial charge in [-0.2, -0.15) is 5.10 Å². The van der Waals surface area contributed by atoms with E-state index in [0.29, 0.717) is 6.04 Å². The lowest BCUT2D eigenvalue weighted by atomic mass is 10.0. The molecule has 1 aliphatic rings. The van der Waals surface area contributed by atoms with Crippen LogP contribution in [0.3, 0.4) is 0 Å². The Bertz CT molecular complexity index is 1000. The summed E-state index contributed by atoms with van der Waals surface area (Å²) in [7, 11) is 1.61. The molecule has 2 aromatic heterocycles. The monoisotopic (exact) mass is 371 g/mol. The summed E-state index contributed by atoms with van der Waals surface area (Å²) in [5.74, 6) is 1.14. The zero-order valence-electron chi connectivity index (χ0n) is 15.0. The van der Waals surface area contributed by atoms with Gasteiger partial charge in [0.2, 0.25) is 0 Å². The molecule has 1 fully saturated rings. The highest BCUT2D eigenvalue weighted by Crippen LogP contribution is 2.32. The standard InChI is InChI=1S/C19H22ClN5O/c1-3-17-22-14-6-4-5-7-15(14)25(17)13-8-10-24(11-9-13)16-12-21-23(2)19(26)18(16)20/h4-7,12-13H,3,8-11H2,1-2H3. The minimum Gasteiger partial charge on any atom is -0.369 e. The van der Waals surface area contributed by atoms with Crippen LogP contribution in [0.15, 0.2) is 35.3 Å². The third-order valence-electron chi connectivity index (χ3n) is 5.22. The summed E-state index contributed by atoms with van der Waals surface area (Å²) in [5, 5.41) is 4.37. The second-order valence-corrected chi connectivity index (χ2v) is 7.11. The topological polar surface area (TPSA) is 56.0 Å². The van der Waals surface area contributed by atoms with E-state index in [9.17, 15) is 4.79 Å². The number of nitrogens with zero attached hydrogens (tertiary/aromatic N) is 5. The molecule has 26 heavy (non-hydrogen) atoms. The first-order valence-corrected chi connectivity index (χ1v) is 9.40. The van der Waals surface area contributed by atoms with Crippen LogP contribution in [0.2, 0.25) is 5.02 Å². The Balaban J connectivity index is 1.60. The molecule has 0 atom stereocenters. The molecule has 0 spiro atoms. The first-order valence-electron chi connectivity index (χ1n) is 9.02. The van der Waals surface area contributed by atoms with Crippen LogP contribution in [-0.2, 0) is 13.5 Å². The molecule has 1 saturated heterocycles. The number of aromatic nitrogens is 4. The van der Waals surface area contributed by atoms with Crippen LogP contribution in [-0.4, -0.2) is 32.4 Å². The average molecular weight is 372 g/mol. The van der Waals surface area contributed by atoms with E-state index in [-0.39, 0.29) is 10.6 Å². The summed E-state index contributed by atoms with van der Waals surface area (Å²) in [6.07, 6.45) is 4.57. The SMILES string of the molecule is CCc1nc2ccccc2n1C1CCN(c2cnn(C)c(=O)c2Cl)CC1. The molecule has 136 valence electrons. The summed E-state index contributed by atoms with van der Waals surface area (Å²) in [5.41, 5.74) is 2.75. The molecule has 6 nitrogen and oxygen atoms in total. The summed E-state index contributed by atoms with van der Waals surface area (Å²) >= 11 is 6.26. The second kappa shape index (κ2) is 6.76. The van der Waals surface area contributed by atoms with Crippen molar-refractivity contribution < 1.29 is 0 Å². The molecule has 3 heterocycles. The molecule has 0 amide bonds. The van der Waals surface area contributed by atoms with Gasteiger partial charge in [0, 0.05) is 32.6 Å². The summed E-state index contributed by atoms with van der Waals surface area (Å²) < 4.78 is 3.67. The van der Waals surface area contributed by atoms with E-state index in [0.717, 1.165) is 49.4 Å². The maximum Gasteiger partial charge on any atom is 0.287 e. The lowest BCUT2D eigenvalue weighted by Gasteiger charge is -2.35. The van der Waals surface area contributed by atoms with E-state index in [4.69, 9.17) is 16.6 Å². The van der Waals surface area contributed by atoms with E-state index in [2.05, 4.69) is 39.7 Å². The van der Waals surface area contributed by atoms with Crippen molar-refractivity contribution in [2.45, 2.75) is 32.2 Å². The fourth-order valence-corrected chi connectivity index (χ4v) is 4.13. The van der Waals surface area contributed by atoms with Gasteiger partial charge in [-0.05, 0) is 25.0 Å². The normalized spacial score (nSPS) is 15.7. The van der Waals surface area contributed by atoms with Crippen LogP contribution in [0.4, 0.5) is 5.69 Å². The molecular formula is C19H22ClN5O. The van der Waals surface area contributed by atoms with Gasteiger partial charge in [0.05, 0.1) is 22.9 Å². The number of piperidine rings is 1. The molecule has 0 bridgehead atoms. The quantitative estimate of drug-likeness (QED) is 0.709. The number of para-hydroxylation sites is 2. The van der Waals surface area contributed by atoms with Gasteiger partial charge < -0.3 is 9.47 Å². The van der Waals surface area contributed by atoms with E-state index < -0.39 is 0 Å². The molecule has 3 aromatic rings. The Morgan fingerprint density at radius 2 is 1.96 bits per heavy atom. The minimum absolute atomic E-state index is 0.250. The first-order chi connectivity index (χ1) is 12.6. The molecule has 0 N–H and O–H groups in total. The molecule has 0 unspecified atom stereocenters. The van der Waals surface area contributed by atoms with Crippen molar-refractivity contribution in [2.24, 2.45) is 7.05 Å². The molecule has 4 rings (SSSR count). The number of anilines is 1. The van der Waals surface area contributed by atoms with Gasteiger partial charge >= 0.3 is 0 Å². The van der Waals surface area contributed by atoms with Crippen LogP contribution in [0.5, 0.6) is 0 Å². The zero-order chi connectivity index (χ0) is 18.3. The average Bonchev–Trinajstić information content (AvgIpc) is 3.05. The molecular weight excluding hydrogens is 350 g/mol.